The van der Waals surface area contributed by atoms with E-state index in [0.29, 0.717) is 12.6 Å². The highest BCUT2D eigenvalue weighted by molar-refractivity contribution is 5.25. The van der Waals surface area contributed by atoms with Crippen LogP contribution in [0.1, 0.15) is 44.4 Å². The summed E-state index contributed by atoms with van der Waals surface area (Å²) in [7, 11) is 0. The molecular weight excluding hydrogens is 236 g/mol. The highest BCUT2D eigenvalue weighted by Crippen LogP contribution is 2.27. The molecule has 0 spiro atoms. The van der Waals surface area contributed by atoms with Gasteiger partial charge in [-0.05, 0) is 32.8 Å². The van der Waals surface area contributed by atoms with Gasteiger partial charge >= 0.3 is 0 Å². The summed E-state index contributed by atoms with van der Waals surface area (Å²) in [6.45, 7) is 9.33. The van der Waals surface area contributed by atoms with Crippen LogP contribution in [-0.2, 0) is 0 Å². The third-order valence-corrected chi connectivity index (χ3v) is 3.67. The van der Waals surface area contributed by atoms with E-state index in [2.05, 4.69) is 56.9 Å². The minimum atomic E-state index is 0.0802. The van der Waals surface area contributed by atoms with Crippen molar-refractivity contribution in [3.63, 3.8) is 0 Å². The van der Waals surface area contributed by atoms with Gasteiger partial charge in [0.1, 0.15) is 0 Å². The maximum Gasteiger partial charge on any atom is 0.0558 e. The van der Waals surface area contributed by atoms with E-state index in [4.69, 9.17) is 5.73 Å². The SMILES string of the molecule is CCC(N)C(c1ccc(C)cc1)N(CCO)C(C)C. The minimum absolute atomic E-state index is 0.0802. The molecule has 1 rings (SSSR count). The van der Waals surface area contributed by atoms with Crippen molar-refractivity contribution >= 4 is 0 Å². The van der Waals surface area contributed by atoms with Crippen LogP contribution in [0.5, 0.6) is 0 Å². The third kappa shape index (κ3) is 4.30. The molecular formula is C16H28N2O. The number of aliphatic hydroxyl groups is 1. The van der Waals surface area contributed by atoms with Crippen LogP contribution in [0.25, 0.3) is 0 Å². The lowest BCUT2D eigenvalue weighted by Gasteiger charge is -2.38. The van der Waals surface area contributed by atoms with Gasteiger partial charge < -0.3 is 10.8 Å². The number of rotatable bonds is 7. The molecule has 1 aromatic rings. The first kappa shape index (κ1) is 16.2. The zero-order valence-electron chi connectivity index (χ0n) is 12.6. The Balaban J connectivity index is 3.08. The van der Waals surface area contributed by atoms with Gasteiger partial charge in [0.25, 0.3) is 0 Å². The Labute approximate surface area is 117 Å². The average Bonchev–Trinajstić information content (AvgIpc) is 2.39. The molecule has 2 unspecified atom stereocenters. The lowest BCUT2D eigenvalue weighted by atomic mass is 9.94. The van der Waals surface area contributed by atoms with Crippen LogP contribution in [0, 0.1) is 6.92 Å². The number of nitrogens with two attached hydrogens (primary N) is 1. The molecule has 3 heteroatoms. The topological polar surface area (TPSA) is 49.5 Å². The van der Waals surface area contributed by atoms with Crippen molar-refractivity contribution in [2.45, 2.75) is 52.2 Å². The first-order valence-electron chi connectivity index (χ1n) is 7.20. The van der Waals surface area contributed by atoms with Crippen LogP contribution < -0.4 is 5.73 Å². The third-order valence-electron chi connectivity index (χ3n) is 3.67. The van der Waals surface area contributed by atoms with Crippen LogP contribution in [0.2, 0.25) is 0 Å². The lowest BCUT2D eigenvalue weighted by Crippen LogP contribution is -2.45. The molecule has 2 atom stereocenters. The second kappa shape index (κ2) is 7.63. The van der Waals surface area contributed by atoms with Gasteiger partial charge in [-0.2, -0.15) is 0 Å². The Morgan fingerprint density at radius 2 is 1.79 bits per heavy atom. The molecule has 1 aromatic carbocycles. The molecule has 0 aliphatic heterocycles. The summed E-state index contributed by atoms with van der Waals surface area (Å²) in [6, 6.07) is 9.17. The Bertz CT molecular complexity index is 362. The second-order valence-corrected chi connectivity index (χ2v) is 5.48. The van der Waals surface area contributed by atoms with Crippen molar-refractivity contribution in [1.29, 1.82) is 0 Å². The summed E-state index contributed by atoms with van der Waals surface area (Å²) in [6.07, 6.45) is 0.924. The highest BCUT2D eigenvalue weighted by Gasteiger charge is 2.27. The quantitative estimate of drug-likeness (QED) is 0.795. The standard InChI is InChI=1S/C16H28N2O/c1-5-15(17)16(18(10-11-19)12(2)3)14-8-6-13(4)7-9-14/h6-9,12,15-16,19H,5,10-11,17H2,1-4H3. The minimum Gasteiger partial charge on any atom is -0.395 e. The number of hydrogen-bond acceptors (Lipinski definition) is 3. The fourth-order valence-electron chi connectivity index (χ4n) is 2.51. The first-order valence-corrected chi connectivity index (χ1v) is 7.20. The summed E-state index contributed by atoms with van der Waals surface area (Å²) >= 11 is 0. The van der Waals surface area contributed by atoms with Crippen molar-refractivity contribution in [2.24, 2.45) is 5.73 Å². The molecule has 0 fully saturated rings. The highest BCUT2D eigenvalue weighted by atomic mass is 16.3. The van der Waals surface area contributed by atoms with Gasteiger partial charge in [-0.3, -0.25) is 4.90 Å². The van der Waals surface area contributed by atoms with Crippen LogP contribution in [0.3, 0.4) is 0 Å². The first-order chi connectivity index (χ1) is 9.01. The molecule has 0 saturated carbocycles. The Hall–Kier alpha value is -0.900. The largest absolute Gasteiger partial charge is 0.395 e. The smallest absolute Gasteiger partial charge is 0.0558 e. The van der Waals surface area contributed by atoms with Crippen molar-refractivity contribution in [3.05, 3.63) is 35.4 Å². The van der Waals surface area contributed by atoms with Crippen molar-refractivity contribution in [2.75, 3.05) is 13.2 Å². The van der Waals surface area contributed by atoms with Gasteiger partial charge in [0, 0.05) is 18.6 Å². The van der Waals surface area contributed by atoms with E-state index in [1.165, 1.54) is 11.1 Å². The van der Waals surface area contributed by atoms with Crippen molar-refractivity contribution in [3.8, 4) is 0 Å². The molecule has 0 heterocycles. The van der Waals surface area contributed by atoms with E-state index in [0.717, 1.165) is 6.42 Å². The van der Waals surface area contributed by atoms with Gasteiger partial charge in [0.2, 0.25) is 0 Å². The Morgan fingerprint density at radius 1 is 1.21 bits per heavy atom. The van der Waals surface area contributed by atoms with Crippen LogP contribution in [-0.4, -0.2) is 35.2 Å². The van der Waals surface area contributed by atoms with E-state index in [1.54, 1.807) is 0 Å². The van der Waals surface area contributed by atoms with Crippen LogP contribution >= 0.6 is 0 Å². The van der Waals surface area contributed by atoms with E-state index < -0.39 is 0 Å². The molecule has 3 nitrogen and oxygen atoms in total. The second-order valence-electron chi connectivity index (χ2n) is 5.48. The zero-order chi connectivity index (χ0) is 14.4. The van der Waals surface area contributed by atoms with Gasteiger partial charge in [0.05, 0.1) is 12.6 Å². The predicted octanol–water partition coefficient (Wildman–Crippen LogP) is 2.48. The zero-order valence-corrected chi connectivity index (χ0v) is 12.6. The maximum absolute atomic E-state index is 9.30. The molecule has 0 amide bonds. The van der Waals surface area contributed by atoms with E-state index in [1.807, 2.05) is 0 Å². The number of aryl methyl sites for hydroxylation is 1. The molecule has 0 aliphatic rings. The number of benzene rings is 1. The molecule has 0 aromatic heterocycles. The maximum atomic E-state index is 9.30. The van der Waals surface area contributed by atoms with Gasteiger partial charge in [0.15, 0.2) is 0 Å². The lowest BCUT2D eigenvalue weighted by molar-refractivity contribution is 0.101. The van der Waals surface area contributed by atoms with Gasteiger partial charge in [-0.1, -0.05) is 36.8 Å². The Kier molecular flexibility index (Phi) is 6.49. The molecule has 0 bridgehead atoms. The van der Waals surface area contributed by atoms with E-state index >= 15 is 0 Å². The summed E-state index contributed by atoms with van der Waals surface area (Å²) < 4.78 is 0. The van der Waals surface area contributed by atoms with Crippen LogP contribution in [0.15, 0.2) is 24.3 Å². The van der Waals surface area contributed by atoms with Crippen LogP contribution in [0.4, 0.5) is 0 Å². The fourth-order valence-corrected chi connectivity index (χ4v) is 2.51. The summed E-state index contributed by atoms with van der Waals surface area (Å²) in [5.74, 6) is 0. The molecule has 19 heavy (non-hydrogen) atoms. The molecule has 0 radical (unpaired) electrons. The molecule has 108 valence electrons. The normalized spacial score (nSPS) is 14.9. The fraction of sp³-hybridized carbons (Fsp3) is 0.625. The van der Waals surface area contributed by atoms with Crippen molar-refractivity contribution < 1.29 is 5.11 Å². The van der Waals surface area contributed by atoms with E-state index in [-0.39, 0.29) is 18.7 Å². The van der Waals surface area contributed by atoms with Gasteiger partial charge in [-0.25, -0.2) is 0 Å². The molecule has 3 N–H and O–H groups in total. The summed E-state index contributed by atoms with van der Waals surface area (Å²) in [4.78, 5) is 2.29. The summed E-state index contributed by atoms with van der Waals surface area (Å²) in [5.41, 5.74) is 8.83. The summed E-state index contributed by atoms with van der Waals surface area (Å²) in [5, 5.41) is 9.30. The average molecular weight is 264 g/mol. The monoisotopic (exact) mass is 264 g/mol. The Morgan fingerprint density at radius 3 is 2.21 bits per heavy atom. The molecule has 0 saturated heterocycles. The van der Waals surface area contributed by atoms with Crippen molar-refractivity contribution in [1.82, 2.24) is 4.90 Å². The number of aliphatic hydroxyl groups excluding tert-OH is 1. The number of hydrogen-bond donors (Lipinski definition) is 2. The predicted molar refractivity (Wildman–Crippen MR) is 81.1 cm³/mol. The molecule has 0 aliphatic carbocycles. The van der Waals surface area contributed by atoms with Gasteiger partial charge in [-0.15, -0.1) is 0 Å². The van der Waals surface area contributed by atoms with E-state index in [9.17, 15) is 5.11 Å². The number of nitrogens with zero attached hydrogens (tertiary/aromatic N) is 1.